The summed E-state index contributed by atoms with van der Waals surface area (Å²) >= 11 is 1.05. The average molecular weight is 345 g/mol. The van der Waals surface area contributed by atoms with Gasteiger partial charge in [-0.05, 0) is 17.2 Å². The number of carboxylic acids is 1. The predicted octanol–water partition coefficient (Wildman–Crippen LogP) is 3.58. The molecule has 0 amide bonds. The number of aromatic nitrogens is 1. The lowest BCUT2D eigenvalue weighted by Gasteiger charge is -2.09. The predicted molar refractivity (Wildman–Crippen MR) is 99.2 cm³/mol. The molecule has 4 aromatic rings. The van der Waals surface area contributed by atoms with E-state index in [-0.39, 0.29) is 10.6 Å². The number of hydrogen-bond acceptors (Lipinski definition) is 5. The number of nitrogens with two attached hydrogens (primary N) is 1. The van der Waals surface area contributed by atoms with E-state index in [0.717, 1.165) is 33.7 Å². The molecule has 0 radical (unpaired) electrons. The molecule has 0 saturated heterocycles. The van der Waals surface area contributed by atoms with Gasteiger partial charge in [0, 0.05) is 10.9 Å². The zero-order valence-electron chi connectivity index (χ0n) is 13.1. The second-order valence-electron chi connectivity index (χ2n) is 5.60. The molecule has 2 heterocycles. The van der Waals surface area contributed by atoms with Gasteiger partial charge in [0.25, 0.3) is 0 Å². The highest BCUT2D eigenvalue weighted by Crippen LogP contribution is 2.40. The van der Waals surface area contributed by atoms with Crippen LogP contribution in [-0.4, -0.2) is 11.0 Å². The largest absolute Gasteiger partial charge is 0.544 e. The molecule has 0 aliphatic heterocycles. The molecule has 122 valence electrons. The van der Waals surface area contributed by atoms with Crippen molar-refractivity contribution in [1.29, 1.82) is 0 Å². The molecule has 0 bridgehead atoms. The Morgan fingerprint density at radius 2 is 1.56 bits per heavy atom. The van der Waals surface area contributed by atoms with Gasteiger partial charge < -0.3 is 15.6 Å². The van der Waals surface area contributed by atoms with Gasteiger partial charge in [-0.3, -0.25) is 0 Å². The van der Waals surface area contributed by atoms with Gasteiger partial charge in [0.1, 0.15) is 4.83 Å². The first-order valence-electron chi connectivity index (χ1n) is 7.70. The molecule has 0 spiro atoms. The number of carboxylic acid groups (broad SMARTS) is 1. The molecule has 4 rings (SSSR count). The van der Waals surface area contributed by atoms with Crippen molar-refractivity contribution >= 4 is 33.2 Å². The first kappa shape index (κ1) is 15.4. The molecule has 2 aromatic heterocycles. The van der Waals surface area contributed by atoms with Gasteiger partial charge >= 0.3 is 0 Å². The lowest BCUT2D eigenvalue weighted by Crippen LogP contribution is -2.21. The van der Waals surface area contributed by atoms with Crippen LogP contribution in [0, 0.1) is 0 Å². The maximum atomic E-state index is 11.4. The molecule has 0 unspecified atom stereocenters. The van der Waals surface area contributed by atoms with E-state index in [1.165, 1.54) is 0 Å². The van der Waals surface area contributed by atoms with E-state index in [0.29, 0.717) is 10.2 Å². The van der Waals surface area contributed by atoms with E-state index in [1.807, 2.05) is 66.7 Å². The number of aromatic carboxylic acids is 1. The van der Waals surface area contributed by atoms with Gasteiger partial charge in [-0.25, -0.2) is 4.98 Å². The van der Waals surface area contributed by atoms with Crippen molar-refractivity contribution < 1.29 is 9.90 Å². The third-order valence-electron chi connectivity index (χ3n) is 4.04. The summed E-state index contributed by atoms with van der Waals surface area (Å²) < 4.78 is 0. The van der Waals surface area contributed by atoms with Crippen molar-refractivity contribution in [3.63, 3.8) is 0 Å². The summed E-state index contributed by atoms with van der Waals surface area (Å²) in [7, 11) is 0. The van der Waals surface area contributed by atoms with Gasteiger partial charge in [-0.2, -0.15) is 0 Å². The molecule has 0 aliphatic rings. The first-order chi connectivity index (χ1) is 12.1. The Morgan fingerprint density at radius 1 is 0.960 bits per heavy atom. The fourth-order valence-corrected chi connectivity index (χ4v) is 3.83. The highest BCUT2D eigenvalue weighted by Gasteiger charge is 2.18. The van der Waals surface area contributed by atoms with Crippen LogP contribution in [0.2, 0.25) is 0 Å². The molecule has 2 aromatic carbocycles. The summed E-state index contributed by atoms with van der Waals surface area (Å²) in [5, 5.41) is 12.0. The van der Waals surface area contributed by atoms with E-state index in [2.05, 4.69) is 4.98 Å². The highest BCUT2D eigenvalue weighted by atomic mass is 32.1. The van der Waals surface area contributed by atoms with Gasteiger partial charge in [0.05, 0.1) is 22.2 Å². The van der Waals surface area contributed by atoms with Crippen LogP contribution in [0.5, 0.6) is 0 Å². The minimum Gasteiger partial charge on any atom is -0.544 e. The normalized spacial score (nSPS) is 10.9. The van der Waals surface area contributed by atoms with E-state index in [1.54, 1.807) is 0 Å². The SMILES string of the molecule is Nc1c(C(=O)[O-])sc2nc(-c3ccccc3)cc(-c3ccccc3)c12. The second-order valence-corrected chi connectivity index (χ2v) is 6.60. The Labute approximate surface area is 148 Å². The monoisotopic (exact) mass is 345 g/mol. The second kappa shape index (κ2) is 6.03. The van der Waals surface area contributed by atoms with Crippen LogP contribution < -0.4 is 10.8 Å². The fourth-order valence-electron chi connectivity index (χ4n) is 2.87. The first-order valence-corrected chi connectivity index (χ1v) is 8.52. The fraction of sp³-hybridized carbons (Fsp3) is 0. The van der Waals surface area contributed by atoms with Crippen molar-refractivity contribution in [3.05, 3.63) is 71.6 Å². The summed E-state index contributed by atoms with van der Waals surface area (Å²) in [6, 6.07) is 21.5. The van der Waals surface area contributed by atoms with Crippen LogP contribution in [0.25, 0.3) is 32.6 Å². The lowest BCUT2D eigenvalue weighted by atomic mass is 9.99. The molecule has 5 heteroatoms. The van der Waals surface area contributed by atoms with Crippen molar-refractivity contribution in [2.45, 2.75) is 0 Å². The van der Waals surface area contributed by atoms with Crippen LogP contribution >= 0.6 is 11.3 Å². The van der Waals surface area contributed by atoms with Gasteiger partial charge in [0.15, 0.2) is 0 Å². The van der Waals surface area contributed by atoms with Gasteiger partial charge in [-0.1, -0.05) is 60.7 Å². The molecule has 4 nitrogen and oxygen atoms in total. The lowest BCUT2D eigenvalue weighted by molar-refractivity contribution is -0.254. The van der Waals surface area contributed by atoms with Crippen LogP contribution in [0.3, 0.4) is 0 Å². The number of fused-ring (bicyclic) bond motifs is 1. The van der Waals surface area contributed by atoms with Crippen molar-refractivity contribution in [2.75, 3.05) is 5.73 Å². The van der Waals surface area contributed by atoms with E-state index in [4.69, 9.17) is 5.73 Å². The van der Waals surface area contributed by atoms with Crippen molar-refractivity contribution in [1.82, 2.24) is 4.98 Å². The van der Waals surface area contributed by atoms with Crippen LogP contribution in [0.15, 0.2) is 66.7 Å². The molecule has 0 atom stereocenters. The number of thiophene rings is 1. The summed E-state index contributed by atoms with van der Waals surface area (Å²) in [5.41, 5.74) is 9.89. The average Bonchev–Trinajstić information content (AvgIpc) is 2.99. The number of nitrogen functional groups attached to an aromatic ring is 1. The number of anilines is 1. The van der Waals surface area contributed by atoms with Crippen molar-refractivity contribution in [2.24, 2.45) is 0 Å². The number of hydrogen-bond donors (Lipinski definition) is 1. The molecule has 2 N–H and O–H groups in total. The summed E-state index contributed by atoms with van der Waals surface area (Å²) in [6.07, 6.45) is 0. The van der Waals surface area contributed by atoms with Crippen LogP contribution in [0.4, 0.5) is 5.69 Å². The standard InChI is InChI=1S/C20H14N2O2S/c21-17-16-14(12-7-3-1-4-8-12)11-15(13-9-5-2-6-10-13)22-19(16)25-18(17)20(23)24/h1-11H,21H2,(H,23,24)/p-1. The number of rotatable bonds is 3. The van der Waals surface area contributed by atoms with Crippen molar-refractivity contribution in [3.8, 4) is 22.4 Å². The maximum Gasteiger partial charge on any atom is 0.127 e. The third kappa shape index (κ3) is 2.64. The number of pyridine rings is 1. The molecule has 0 fully saturated rings. The zero-order chi connectivity index (χ0) is 17.4. The Kier molecular flexibility index (Phi) is 3.71. The topological polar surface area (TPSA) is 79.0 Å². The Bertz CT molecular complexity index is 1070. The number of nitrogens with zero attached hydrogens (tertiary/aromatic N) is 1. The molecular weight excluding hydrogens is 332 g/mol. The minimum atomic E-state index is -1.28. The highest BCUT2D eigenvalue weighted by molar-refractivity contribution is 7.21. The van der Waals surface area contributed by atoms with Gasteiger partial charge in [0.2, 0.25) is 0 Å². The van der Waals surface area contributed by atoms with E-state index in [9.17, 15) is 9.90 Å². The Morgan fingerprint density at radius 3 is 2.16 bits per heavy atom. The zero-order valence-corrected chi connectivity index (χ0v) is 13.9. The quantitative estimate of drug-likeness (QED) is 0.615. The molecule has 25 heavy (non-hydrogen) atoms. The summed E-state index contributed by atoms with van der Waals surface area (Å²) in [5.74, 6) is -1.28. The number of benzene rings is 2. The summed E-state index contributed by atoms with van der Waals surface area (Å²) in [6.45, 7) is 0. The molecule has 0 aliphatic carbocycles. The Hall–Kier alpha value is -3.18. The minimum absolute atomic E-state index is 0.0184. The van der Waals surface area contributed by atoms with E-state index >= 15 is 0 Å². The van der Waals surface area contributed by atoms with E-state index < -0.39 is 5.97 Å². The van der Waals surface area contributed by atoms with Crippen LogP contribution in [0.1, 0.15) is 9.67 Å². The molecular formula is C20H13N2O2S-. The Balaban J connectivity index is 2.07. The summed E-state index contributed by atoms with van der Waals surface area (Å²) in [4.78, 5) is 16.6. The van der Waals surface area contributed by atoms with Gasteiger partial charge in [-0.15, -0.1) is 11.3 Å². The number of carbonyl (C=O) groups is 1. The molecule has 0 saturated carbocycles. The third-order valence-corrected chi connectivity index (χ3v) is 5.12. The number of carbonyl (C=O) groups excluding carboxylic acids is 1. The smallest absolute Gasteiger partial charge is 0.127 e. The van der Waals surface area contributed by atoms with Crippen LogP contribution in [-0.2, 0) is 0 Å². The maximum absolute atomic E-state index is 11.4.